The van der Waals surface area contributed by atoms with Gasteiger partial charge in [0.1, 0.15) is 18.1 Å². The molecule has 0 saturated carbocycles. The predicted octanol–water partition coefficient (Wildman–Crippen LogP) is 5.43. The molecule has 4 heterocycles. The molecule has 2 aromatic heterocycles. The van der Waals surface area contributed by atoms with Crippen LogP contribution in [0.4, 0.5) is 0 Å². The highest BCUT2D eigenvalue weighted by molar-refractivity contribution is 7.99. The quantitative estimate of drug-likeness (QED) is 0.332. The number of fused-ring (bicyclic) bond motifs is 1. The maximum absolute atomic E-state index is 13.4. The molecule has 2 aromatic carbocycles. The second kappa shape index (κ2) is 10.8. The van der Waals surface area contributed by atoms with E-state index in [0.717, 1.165) is 42.1 Å². The van der Waals surface area contributed by atoms with Gasteiger partial charge >= 0.3 is 0 Å². The lowest BCUT2D eigenvalue weighted by Gasteiger charge is -2.37. The molecule has 0 radical (unpaired) electrons. The Bertz CT molecular complexity index is 1410. The van der Waals surface area contributed by atoms with Crippen LogP contribution in [0.2, 0.25) is 0 Å². The average Bonchev–Trinajstić information content (AvgIpc) is 3.69. The van der Waals surface area contributed by atoms with E-state index in [-0.39, 0.29) is 24.5 Å². The first-order valence-electron chi connectivity index (χ1n) is 12.8. The lowest BCUT2D eigenvalue weighted by atomic mass is 9.87. The summed E-state index contributed by atoms with van der Waals surface area (Å²) in [5.74, 6) is 3.63. The summed E-state index contributed by atoms with van der Waals surface area (Å²) in [5.41, 5.74) is 3.23. The summed E-state index contributed by atoms with van der Waals surface area (Å²) in [4.78, 5) is 29.8. The van der Waals surface area contributed by atoms with Crippen LogP contribution in [0.25, 0.3) is 0 Å². The van der Waals surface area contributed by atoms with Gasteiger partial charge in [0.2, 0.25) is 0 Å². The molecule has 0 N–H and O–H groups in total. The molecule has 194 valence electrons. The topological polar surface area (TPSA) is 76.1 Å². The van der Waals surface area contributed by atoms with Crippen LogP contribution in [0.15, 0.2) is 87.9 Å². The smallest absolute Gasteiger partial charge is 0.290 e. The van der Waals surface area contributed by atoms with E-state index in [0.29, 0.717) is 29.6 Å². The number of nitrogens with zero attached hydrogens (tertiary/aromatic N) is 2. The van der Waals surface area contributed by atoms with Crippen LogP contribution in [-0.4, -0.2) is 52.8 Å². The molecular formula is C30H28N2O5S. The van der Waals surface area contributed by atoms with Crippen molar-refractivity contribution in [3.8, 4) is 5.75 Å². The number of furan rings is 2. The van der Waals surface area contributed by atoms with Crippen molar-refractivity contribution < 1.29 is 23.2 Å². The summed E-state index contributed by atoms with van der Waals surface area (Å²) in [6, 6.07) is 22.7. The highest BCUT2D eigenvalue weighted by Gasteiger charge is 2.34. The van der Waals surface area contributed by atoms with Crippen molar-refractivity contribution in [3.63, 3.8) is 0 Å². The first kappa shape index (κ1) is 24.4. The van der Waals surface area contributed by atoms with Crippen molar-refractivity contribution in [2.24, 2.45) is 0 Å². The molecule has 8 heteroatoms. The summed E-state index contributed by atoms with van der Waals surface area (Å²) in [6.45, 7) is 2.28. The SMILES string of the molecule is O=C(c1ccc(COc2ccc3c(c2)C(c2ccccc2)N(C(=O)c2ccco2)CC3)o1)N1CCSCC1. The van der Waals surface area contributed by atoms with E-state index in [1.54, 1.807) is 24.3 Å². The minimum absolute atomic E-state index is 0.0719. The highest BCUT2D eigenvalue weighted by Crippen LogP contribution is 2.38. The van der Waals surface area contributed by atoms with Crippen LogP contribution in [-0.2, 0) is 13.0 Å². The monoisotopic (exact) mass is 528 g/mol. The molecule has 4 aromatic rings. The van der Waals surface area contributed by atoms with E-state index in [1.165, 1.54) is 11.8 Å². The zero-order valence-corrected chi connectivity index (χ0v) is 21.7. The van der Waals surface area contributed by atoms with Crippen LogP contribution in [0.1, 0.15) is 49.6 Å². The molecule has 2 aliphatic rings. The first-order valence-corrected chi connectivity index (χ1v) is 13.9. The second-order valence-electron chi connectivity index (χ2n) is 9.36. The molecule has 0 aliphatic carbocycles. The Hall–Kier alpha value is -3.91. The van der Waals surface area contributed by atoms with E-state index in [4.69, 9.17) is 13.6 Å². The molecule has 2 amide bonds. The molecule has 1 fully saturated rings. The Morgan fingerprint density at radius 3 is 2.53 bits per heavy atom. The number of amides is 2. The van der Waals surface area contributed by atoms with Gasteiger partial charge in [0.25, 0.3) is 11.8 Å². The summed E-state index contributed by atoms with van der Waals surface area (Å²) < 4.78 is 17.4. The van der Waals surface area contributed by atoms with Crippen LogP contribution in [0, 0.1) is 0 Å². The largest absolute Gasteiger partial charge is 0.486 e. The number of hydrogen-bond acceptors (Lipinski definition) is 6. The maximum Gasteiger partial charge on any atom is 0.290 e. The van der Waals surface area contributed by atoms with Gasteiger partial charge in [-0.15, -0.1) is 0 Å². The van der Waals surface area contributed by atoms with Crippen molar-refractivity contribution in [3.05, 3.63) is 113 Å². The van der Waals surface area contributed by atoms with Gasteiger partial charge in [0, 0.05) is 31.1 Å². The zero-order valence-electron chi connectivity index (χ0n) is 20.9. The minimum Gasteiger partial charge on any atom is -0.486 e. The normalized spacial score (nSPS) is 17.2. The Morgan fingerprint density at radius 2 is 1.74 bits per heavy atom. The number of rotatable bonds is 6. The third-order valence-corrected chi connectivity index (χ3v) is 7.95. The summed E-state index contributed by atoms with van der Waals surface area (Å²) in [5, 5.41) is 0. The average molecular weight is 529 g/mol. The molecule has 38 heavy (non-hydrogen) atoms. The van der Waals surface area contributed by atoms with E-state index in [1.807, 2.05) is 64.0 Å². The van der Waals surface area contributed by atoms with Gasteiger partial charge in [-0.3, -0.25) is 9.59 Å². The molecule has 0 spiro atoms. The van der Waals surface area contributed by atoms with Crippen LogP contribution < -0.4 is 4.74 Å². The molecule has 7 nitrogen and oxygen atoms in total. The Labute approximate surface area is 225 Å². The van der Waals surface area contributed by atoms with Gasteiger partial charge in [-0.1, -0.05) is 36.4 Å². The van der Waals surface area contributed by atoms with Crippen LogP contribution in [0.3, 0.4) is 0 Å². The Balaban J connectivity index is 1.22. The fourth-order valence-corrected chi connectivity index (χ4v) is 5.99. The van der Waals surface area contributed by atoms with Gasteiger partial charge in [0.05, 0.1) is 12.3 Å². The van der Waals surface area contributed by atoms with Crippen molar-refractivity contribution in [2.75, 3.05) is 31.1 Å². The standard InChI is InChI=1S/C30H28N2O5S/c33-29(31-14-17-38-18-15-31)27-11-10-24(37-27)20-36-23-9-8-21-12-13-32(30(34)26-7-4-16-35-26)28(25(21)19-23)22-5-2-1-3-6-22/h1-11,16,19,28H,12-15,17-18,20H2. The molecule has 1 unspecified atom stereocenters. The van der Waals surface area contributed by atoms with Gasteiger partial charge in [0.15, 0.2) is 11.5 Å². The lowest BCUT2D eigenvalue weighted by Crippen LogP contribution is -2.40. The van der Waals surface area contributed by atoms with Crippen LogP contribution in [0.5, 0.6) is 5.75 Å². The van der Waals surface area contributed by atoms with Gasteiger partial charge < -0.3 is 23.4 Å². The molecule has 1 atom stereocenters. The highest BCUT2D eigenvalue weighted by atomic mass is 32.2. The van der Waals surface area contributed by atoms with Gasteiger partial charge in [-0.25, -0.2) is 0 Å². The van der Waals surface area contributed by atoms with Crippen LogP contribution >= 0.6 is 11.8 Å². The van der Waals surface area contributed by atoms with Crippen molar-refractivity contribution in [2.45, 2.75) is 19.1 Å². The number of carbonyl (C=O) groups excluding carboxylic acids is 2. The Morgan fingerprint density at radius 1 is 0.895 bits per heavy atom. The minimum atomic E-state index is -0.267. The van der Waals surface area contributed by atoms with E-state index in [2.05, 4.69) is 6.07 Å². The number of hydrogen-bond donors (Lipinski definition) is 0. The summed E-state index contributed by atoms with van der Waals surface area (Å²) in [7, 11) is 0. The van der Waals surface area contributed by atoms with E-state index in [9.17, 15) is 9.59 Å². The van der Waals surface area contributed by atoms with E-state index >= 15 is 0 Å². The fraction of sp³-hybridized carbons (Fsp3) is 0.267. The molecule has 2 aliphatic heterocycles. The third kappa shape index (κ3) is 4.96. The number of benzene rings is 2. The molecular weight excluding hydrogens is 500 g/mol. The van der Waals surface area contributed by atoms with Crippen molar-refractivity contribution in [1.29, 1.82) is 0 Å². The number of thioether (sulfide) groups is 1. The van der Waals surface area contributed by atoms with Crippen molar-refractivity contribution in [1.82, 2.24) is 9.80 Å². The molecule has 0 bridgehead atoms. The van der Waals surface area contributed by atoms with Gasteiger partial charge in [-0.05, 0) is 59.5 Å². The maximum atomic E-state index is 13.4. The fourth-order valence-electron chi connectivity index (χ4n) is 5.09. The van der Waals surface area contributed by atoms with Gasteiger partial charge in [-0.2, -0.15) is 11.8 Å². The number of carbonyl (C=O) groups is 2. The summed E-state index contributed by atoms with van der Waals surface area (Å²) >= 11 is 1.86. The van der Waals surface area contributed by atoms with Crippen molar-refractivity contribution >= 4 is 23.6 Å². The molecule has 1 saturated heterocycles. The third-order valence-electron chi connectivity index (χ3n) is 7.01. The first-order chi connectivity index (χ1) is 18.7. The zero-order chi connectivity index (χ0) is 25.9. The molecule has 6 rings (SSSR count). The second-order valence-corrected chi connectivity index (χ2v) is 10.6. The summed E-state index contributed by atoms with van der Waals surface area (Å²) in [6.07, 6.45) is 2.26. The number of ether oxygens (including phenoxy) is 1. The lowest BCUT2D eigenvalue weighted by molar-refractivity contribution is 0.0660. The predicted molar refractivity (Wildman–Crippen MR) is 144 cm³/mol. The van der Waals surface area contributed by atoms with E-state index < -0.39 is 0 Å². The Kier molecular flexibility index (Phi) is 6.96.